The average molecular weight is 176 g/mol. The molecule has 1 atom stereocenters. The van der Waals surface area contributed by atoms with Crippen LogP contribution in [0.5, 0.6) is 0 Å². The standard InChI is InChI=1S/C12H16O/c13-11-5-9-12(10-6-11)7-3-1-2-4-8-12/h1,3,5,9H,2,4,6-8,10H2. The molecule has 0 bridgehead atoms. The van der Waals surface area contributed by atoms with Crippen LogP contribution < -0.4 is 0 Å². The van der Waals surface area contributed by atoms with Crippen molar-refractivity contribution in [1.82, 2.24) is 0 Å². The van der Waals surface area contributed by atoms with Gasteiger partial charge in [-0.2, -0.15) is 0 Å². The highest BCUT2D eigenvalue weighted by atomic mass is 16.1. The molecule has 0 fully saturated rings. The molecule has 2 aliphatic rings. The van der Waals surface area contributed by atoms with E-state index < -0.39 is 0 Å². The molecule has 0 heterocycles. The monoisotopic (exact) mass is 176 g/mol. The maximum atomic E-state index is 11.1. The molecule has 1 spiro atoms. The van der Waals surface area contributed by atoms with Gasteiger partial charge in [-0.15, -0.1) is 0 Å². The number of carbonyl (C=O) groups excluding carboxylic acids is 1. The molecule has 13 heavy (non-hydrogen) atoms. The van der Waals surface area contributed by atoms with Gasteiger partial charge >= 0.3 is 0 Å². The molecule has 0 N–H and O–H groups in total. The first kappa shape index (κ1) is 8.74. The van der Waals surface area contributed by atoms with Crippen LogP contribution >= 0.6 is 0 Å². The van der Waals surface area contributed by atoms with Gasteiger partial charge in [-0.25, -0.2) is 0 Å². The third-order valence-corrected chi connectivity index (χ3v) is 3.23. The third kappa shape index (κ3) is 1.90. The summed E-state index contributed by atoms with van der Waals surface area (Å²) < 4.78 is 0. The van der Waals surface area contributed by atoms with Crippen molar-refractivity contribution < 1.29 is 4.79 Å². The van der Waals surface area contributed by atoms with Crippen LogP contribution in [0.4, 0.5) is 0 Å². The van der Waals surface area contributed by atoms with Crippen molar-refractivity contribution in [3.63, 3.8) is 0 Å². The number of allylic oxidation sites excluding steroid dienone is 4. The molecule has 2 aliphatic carbocycles. The zero-order valence-corrected chi connectivity index (χ0v) is 7.96. The van der Waals surface area contributed by atoms with Crippen molar-refractivity contribution in [2.75, 3.05) is 0 Å². The van der Waals surface area contributed by atoms with E-state index in [0.29, 0.717) is 11.2 Å². The molecule has 0 aliphatic heterocycles. The van der Waals surface area contributed by atoms with Crippen LogP contribution in [0.2, 0.25) is 0 Å². The Morgan fingerprint density at radius 3 is 2.92 bits per heavy atom. The van der Waals surface area contributed by atoms with Crippen molar-refractivity contribution >= 4 is 5.78 Å². The van der Waals surface area contributed by atoms with Gasteiger partial charge < -0.3 is 0 Å². The summed E-state index contributed by atoms with van der Waals surface area (Å²) in [5.74, 6) is 0.304. The van der Waals surface area contributed by atoms with E-state index in [1.54, 1.807) is 6.08 Å². The lowest BCUT2D eigenvalue weighted by Gasteiger charge is -2.30. The maximum absolute atomic E-state index is 11.1. The molecule has 0 aromatic carbocycles. The molecule has 70 valence electrons. The molecule has 0 amide bonds. The number of ketones is 1. The first-order chi connectivity index (χ1) is 6.31. The van der Waals surface area contributed by atoms with E-state index in [1.165, 1.54) is 19.3 Å². The van der Waals surface area contributed by atoms with Crippen LogP contribution in [0.3, 0.4) is 0 Å². The highest BCUT2D eigenvalue weighted by molar-refractivity contribution is 5.90. The Balaban J connectivity index is 2.15. The summed E-state index contributed by atoms with van der Waals surface area (Å²) in [6.07, 6.45) is 15.2. The Labute approximate surface area is 79.5 Å². The molecule has 0 aromatic rings. The van der Waals surface area contributed by atoms with Gasteiger partial charge in [-0.05, 0) is 43.6 Å². The summed E-state index contributed by atoms with van der Waals surface area (Å²) in [5.41, 5.74) is 0.334. The van der Waals surface area contributed by atoms with Crippen LogP contribution in [0.1, 0.15) is 38.5 Å². The molecule has 1 unspecified atom stereocenters. The minimum Gasteiger partial charge on any atom is -0.295 e. The zero-order chi connectivity index (χ0) is 9.15. The quantitative estimate of drug-likeness (QED) is 0.518. The van der Waals surface area contributed by atoms with Crippen molar-refractivity contribution in [3.05, 3.63) is 24.3 Å². The summed E-state index contributed by atoms with van der Waals surface area (Å²) in [7, 11) is 0. The predicted molar refractivity (Wildman–Crippen MR) is 53.4 cm³/mol. The van der Waals surface area contributed by atoms with Gasteiger partial charge in [0.1, 0.15) is 0 Å². The molecule has 1 nitrogen and oxygen atoms in total. The van der Waals surface area contributed by atoms with Crippen LogP contribution in [0, 0.1) is 5.41 Å². The van der Waals surface area contributed by atoms with E-state index >= 15 is 0 Å². The Bertz CT molecular complexity index is 262. The van der Waals surface area contributed by atoms with E-state index in [4.69, 9.17) is 0 Å². The largest absolute Gasteiger partial charge is 0.295 e. The summed E-state index contributed by atoms with van der Waals surface area (Å²) in [6.45, 7) is 0. The highest BCUT2D eigenvalue weighted by Gasteiger charge is 2.29. The maximum Gasteiger partial charge on any atom is 0.155 e. The smallest absolute Gasteiger partial charge is 0.155 e. The summed E-state index contributed by atoms with van der Waals surface area (Å²) in [5, 5.41) is 0. The van der Waals surface area contributed by atoms with Crippen LogP contribution in [0.25, 0.3) is 0 Å². The van der Waals surface area contributed by atoms with Gasteiger partial charge in [0, 0.05) is 6.42 Å². The lowest BCUT2D eigenvalue weighted by molar-refractivity contribution is -0.115. The van der Waals surface area contributed by atoms with Gasteiger partial charge in [0.25, 0.3) is 0 Å². The van der Waals surface area contributed by atoms with Gasteiger partial charge in [-0.1, -0.05) is 18.2 Å². The third-order valence-electron chi connectivity index (χ3n) is 3.23. The van der Waals surface area contributed by atoms with E-state index in [2.05, 4.69) is 18.2 Å². The Morgan fingerprint density at radius 2 is 2.15 bits per heavy atom. The molecule has 0 saturated heterocycles. The van der Waals surface area contributed by atoms with Crippen LogP contribution in [-0.4, -0.2) is 5.78 Å². The lowest BCUT2D eigenvalue weighted by Crippen LogP contribution is -2.21. The molecule has 0 aromatic heterocycles. The second-order valence-corrected chi connectivity index (χ2v) is 4.23. The number of carbonyl (C=O) groups is 1. The SMILES string of the molecule is O=C1C=CC2(CC=CCCC2)CC1. The van der Waals surface area contributed by atoms with Gasteiger partial charge in [0.15, 0.2) is 5.78 Å². The molecule has 2 rings (SSSR count). The molecule has 0 radical (unpaired) electrons. The first-order valence-corrected chi connectivity index (χ1v) is 5.18. The van der Waals surface area contributed by atoms with Crippen molar-refractivity contribution in [2.24, 2.45) is 5.41 Å². The van der Waals surface area contributed by atoms with Crippen LogP contribution in [-0.2, 0) is 4.79 Å². The lowest BCUT2D eigenvalue weighted by atomic mass is 9.73. The van der Waals surface area contributed by atoms with E-state index in [1.807, 2.05) is 0 Å². The molecule has 0 saturated carbocycles. The van der Waals surface area contributed by atoms with E-state index in [9.17, 15) is 4.79 Å². The van der Waals surface area contributed by atoms with Crippen molar-refractivity contribution in [3.8, 4) is 0 Å². The fourth-order valence-corrected chi connectivity index (χ4v) is 2.30. The minimum absolute atomic E-state index is 0.304. The number of hydrogen-bond acceptors (Lipinski definition) is 1. The second kappa shape index (κ2) is 3.49. The topological polar surface area (TPSA) is 17.1 Å². The Morgan fingerprint density at radius 1 is 1.23 bits per heavy atom. The van der Waals surface area contributed by atoms with Gasteiger partial charge in [-0.3, -0.25) is 4.79 Å². The summed E-state index contributed by atoms with van der Waals surface area (Å²) >= 11 is 0. The zero-order valence-electron chi connectivity index (χ0n) is 7.96. The van der Waals surface area contributed by atoms with Crippen molar-refractivity contribution in [2.45, 2.75) is 38.5 Å². The van der Waals surface area contributed by atoms with Crippen LogP contribution in [0.15, 0.2) is 24.3 Å². The van der Waals surface area contributed by atoms with E-state index in [0.717, 1.165) is 19.3 Å². The van der Waals surface area contributed by atoms with Crippen molar-refractivity contribution in [1.29, 1.82) is 0 Å². The average Bonchev–Trinajstić information content (AvgIpc) is 2.37. The predicted octanol–water partition coefficient (Wildman–Crippen LogP) is 3.02. The summed E-state index contributed by atoms with van der Waals surface area (Å²) in [6, 6.07) is 0. The highest BCUT2D eigenvalue weighted by Crippen LogP contribution is 2.40. The fourth-order valence-electron chi connectivity index (χ4n) is 2.30. The van der Waals surface area contributed by atoms with Gasteiger partial charge in [0.05, 0.1) is 0 Å². The fraction of sp³-hybridized carbons (Fsp3) is 0.583. The number of hydrogen-bond donors (Lipinski definition) is 0. The first-order valence-electron chi connectivity index (χ1n) is 5.18. The molecule has 1 heteroatoms. The molecular formula is C12H16O. The summed E-state index contributed by atoms with van der Waals surface area (Å²) in [4.78, 5) is 11.1. The Kier molecular flexibility index (Phi) is 2.34. The van der Waals surface area contributed by atoms with Gasteiger partial charge in [0.2, 0.25) is 0 Å². The normalized spacial score (nSPS) is 33.7. The minimum atomic E-state index is 0.304. The molecular weight excluding hydrogens is 160 g/mol. The Hall–Kier alpha value is -0.850. The number of rotatable bonds is 0. The second-order valence-electron chi connectivity index (χ2n) is 4.23. The van der Waals surface area contributed by atoms with E-state index in [-0.39, 0.29) is 0 Å².